The minimum Gasteiger partial charge on any atom is -0.390 e. The van der Waals surface area contributed by atoms with Crippen molar-refractivity contribution in [1.29, 1.82) is 0 Å². The summed E-state index contributed by atoms with van der Waals surface area (Å²) in [4.78, 5) is 104. The monoisotopic (exact) mass is 1650 g/mol. The van der Waals surface area contributed by atoms with E-state index in [9.17, 15) is 74.4 Å². The maximum absolute atomic E-state index is 18.3. The summed E-state index contributed by atoms with van der Waals surface area (Å²) in [5.41, 5.74) is -15.9. The number of aliphatic imine (C=N–C) groups is 2. The first-order valence-electron chi connectivity index (χ1n) is 41.5. The van der Waals surface area contributed by atoms with Gasteiger partial charge in [-0.15, -0.1) is 0 Å². The number of methoxy groups -OCH3 is 1. The summed E-state index contributed by atoms with van der Waals surface area (Å²) in [5, 5.41) is 98.8. The quantitative estimate of drug-likeness (QED) is 0.0251. The minimum absolute atomic E-state index is 0. The lowest BCUT2D eigenvalue weighted by atomic mass is 9.44. The highest BCUT2D eigenvalue weighted by Gasteiger charge is 2.79. The molecule has 0 saturated heterocycles. The normalized spacial score (nSPS) is 42.7. The number of nitrogens with one attached hydrogen (secondary N) is 2. The fraction of sp³-hybridized carbons (Fsp3) is 0.750. The van der Waals surface area contributed by atoms with E-state index >= 15 is 13.2 Å². The van der Waals surface area contributed by atoms with E-state index in [0.29, 0.717) is 79.7 Å². The van der Waals surface area contributed by atoms with Gasteiger partial charge in [-0.1, -0.05) is 90.8 Å². The third kappa shape index (κ3) is 14.5. The molecule has 12 aliphatic carbocycles. The second-order valence-electron chi connectivity index (χ2n) is 37.3. The summed E-state index contributed by atoms with van der Waals surface area (Å²) < 4.78 is 89.9. The molecule has 0 aliphatic heterocycles. The van der Waals surface area contributed by atoms with Crippen LogP contribution in [0.5, 0.6) is 0 Å². The van der Waals surface area contributed by atoms with E-state index < -0.39 is 251 Å². The van der Waals surface area contributed by atoms with Gasteiger partial charge in [0.05, 0.1) is 87.1 Å². The molecule has 25 atom stereocenters. The fourth-order valence-corrected chi connectivity index (χ4v) is 25.1. The van der Waals surface area contributed by atoms with Crippen molar-refractivity contribution in [3.05, 3.63) is 71.4 Å². The van der Waals surface area contributed by atoms with E-state index in [-0.39, 0.29) is 83.1 Å². The summed E-state index contributed by atoms with van der Waals surface area (Å²) in [6, 6.07) is 0. The number of aliphatic hydroxyl groups is 8. The van der Waals surface area contributed by atoms with Crippen molar-refractivity contribution >= 4 is 57.9 Å². The molecular weight excluding hydrogens is 1520 g/mol. The number of ether oxygens (including phenoxy) is 6. The standard InChI is InChI=1S/C87H122F3N5O21.CH4/c1-12-67(100)85(108)50(2)29-64-61-16-13-53-32-56(19-22-75(53,5)82(61,88)68(101)35-78(64,85)8)92-38-59(98)42-113-46-81(48-115-44-73(106)91-25-26-112-28-27-111-11,47-114-43-60(99)39-93-57-20-23-76(6)54(33-57)14-17-62-65-30-51(3)86(109,71(104)40-96)79(65,9)36-69(102)83(62,76)89)49-116-45-74(107)95-94-58-21-24-77(7)55(34-58)15-18-63-66-31-52(4)87(110,72(105)41-97)80(66,10)37-70(103)84(63,77)90;/h19-24,32-34,50-52,61-66,68-70,96-97,101-103,108-110H,12-18,25-31,35-49H2,1-11H3,(H,91,106)(H,95,107);1H4/b92-56?,93-57?,94-58+;/t50-,51-,52-,61+,62+,63+,64+,65+,66+,68+,69+,70+,75+,76+,77+,78+,79+,80+,81?,82+,83+,84+,85+,86+,87+;/m1./s1. The van der Waals surface area contributed by atoms with Gasteiger partial charge in [0.15, 0.2) is 45.9 Å². The summed E-state index contributed by atoms with van der Waals surface area (Å²) in [6.45, 7) is 11.7. The number of halogens is 3. The SMILES string of the molecule is C.CCC(=O)[C@@]1(O)[C@H](C)C[C@H]2[C@@H]3CCC4=CC(=NCC(=O)COCC(COCC(=O)CN=C5C=C[C@@]6(C)C(=C5)CC[C@H]5[C@@H]7C[C@@H](C)[C@](O)(C(=O)CO)[C@@]7(C)C[C@H](O)[C@@]56F)(COCC(=O)NCCOCCOC)COCC(=O)N/N=C5\C=C[C@@]6(C)C(=C5)CC[C@H]5[C@@H]7C[C@@H](C)[C@](O)(C(=O)CO)[C@@]7(C)C[C@H](O)[C@@]56F)C=C[C@]4(C)[C@@]3(F)[C@@H](O)C[C@@]21C. The molecule has 9 saturated carbocycles. The average molecular weight is 1650 g/mol. The van der Waals surface area contributed by atoms with Gasteiger partial charge in [-0.2, -0.15) is 5.10 Å². The first kappa shape index (κ1) is 91.7. The summed E-state index contributed by atoms with van der Waals surface area (Å²) in [6.07, 6.45) is 12.7. The Labute approximate surface area is 684 Å². The molecule has 0 aromatic carbocycles. The van der Waals surface area contributed by atoms with Crippen molar-refractivity contribution in [1.82, 2.24) is 10.7 Å². The molecule has 0 bridgehead atoms. The number of carbonyl (C=O) groups excluding carboxylic acids is 7. The largest absolute Gasteiger partial charge is 0.390 e. The number of hydrogen-bond donors (Lipinski definition) is 10. The maximum atomic E-state index is 18.3. The first-order valence-corrected chi connectivity index (χ1v) is 41.5. The van der Waals surface area contributed by atoms with Crippen LogP contribution in [0.15, 0.2) is 86.5 Å². The Morgan fingerprint density at radius 2 is 0.846 bits per heavy atom. The topological polar surface area (TPSA) is 398 Å². The van der Waals surface area contributed by atoms with Gasteiger partial charge in [0.25, 0.3) is 5.91 Å². The molecule has 12 aliphatic rings. The second kappa shape index (κ2) is 34.0. The Hall–Kier alpha value is -6.03. The zero-order chi connectivity index (χ0) is 84.6. The first-order chi connectivity index (χ1) is 54.6. The van der Waals surface area contributed by atoms with Crippen molar-refractivity contribution in [3.63, 3.8) is 0 Å². The summed E-state index contributed by atoms with van der Waals surface area (Å²) in [7, 11) is 1.52. The number of carbonyl (C=O) groups is 7. The van der Waals surface area contributed by atoms with Crippen molar-refractivity contribution in [3.8, 4) is 0 Å². The molecule has 29 heteroatoms. The number of rotatable bonds is 33. The van der Waals surface area contributed by atoms with Crippen LogP contribution in [0.1, 0.15) is 160 Å². The number of aliphatic hydroxyl groups excluding tert-OH is 5. The lowest BCUT2D eigenvalue weighted by molar-refractivity contribution is -0.219. The van der Waals surface area contributed by atoms with Crippen molar-refractivity contribution in [2.24, 2.45) is 106 Å². The zero-order valence-corrected chi connectivity index (χ0v) is 69.0. The molecule has 0 aromatic heterocycles. The molecule has 12 rings (SSSR count). The minimum atomic E-state index is -2.24. The third-order valence-corrected chi connectivity index (χ3v) is 31.4. The van der Waals surface area contributed by atoms with E-state index in [4.69, 9.17) is 28.4 Å². The molecule has 26 nitrogen and oxygen atoms in total. The van der Waals surface area contributed by atoms with Gasteiger partial charge in [-0.25, -0.2) is 18.6 Å². The number of nitrogens with zero attached hydrogens (tertiary/aromatic N) is 3. The Bertz CT molecular complexity index is 3770. The second-order valence-corrected chi connectivity index (χ2v) is 37.3. The number of allylic oxidation sites excluding steroid dienone is 12. The lowest BCUT2D eigenvalue weighted by Crippen LogP contribution is -2.69. The maximum Gasteiger partial charge on any atom is 0.266 e. The van der Waals surface area contributed by atoms with Gasteiger partial charge >= 0.3 is 0 Å². The van der Waals surface area contributed by atoms with Gasteiger partial charge < -0.3 is 74.6 Å². The number of alkyl halides is 3. The van der Waals surface area contributed by atoms with Crippen molar-refractivity contribution in [2.45, 2.75) is 212 Å². The Balaban J connectivity index is 0.0000134. The molecule has 0 aromatic rings. The third-order valence-electron chi connectivity index (χ3n) is 31.4. The predicted molar refractivity (Wildman–Crippen MR) is 426 cm³/mol. The average Bonchev–Trinajstić information content (AvgIpc) is 1.60. The molecule has 0 spiro atoms. The van der Waals surface area contributed by atoms with Crippen LogP contribution in [0.2, 0.25) is 0 Å². The van der Waals surface area contributed by atoms with Crippen LogP contribution in [0.25, 0.3) is 0 Å². The number of hydrogen-bond acceptors (Lipinski definition) is 24. The molecule has 1 unspecified atom stereocenters. The number of hydrazone groups is 1. The van der Waals surface area contributed by atoms with Crippen LogP contribution in [-0.4, -0.2) is 263 Å². The highest BCUT2D eigenvalue weighted by atomic mass is 19.2. The van der Waals surface area contributed by atoms with Crippen LogP contribution < -0.4 is 10.7 Å². The molecule has 650 valence electrons. The van der Waals surface area contributed by atoms with Gasteiger partial charge in [-0.3, -0.25) is 43.5 Å². The summed E-state index contributed by atoms with van der Waals surface area (Å²) >= 11 is 0. The van der Waals surface area contributed by atoms with E-state index in [1.807, 2.05) is 13.8 Å². The molecule has 10 N–H and O–H groups in total. The Morgan fingerprint density at radius 1 is 0.496 bits per heavy atom. The Kier molecular flexibility index (Phi) is 26.7. The molecule has 2 amide bonds. The molecule has 0 heterocycles. The highest BCUT2D eigenvalue weighted by Crippen LogP contribution is 2.75. The van der Waals surface area contributed by atoms with Crippen LogP contribution in [0.4, 0.5) is 13.2 Å². The molecule has 0 radical (unpaired) electrons. The van der Waals surface area contributed by atoms with Crippen LogP contribution in [0, 0.1) is 91.2 Å². The van der Waals surface area contributed by atoms with Gasteiger partial charge in [0.2, 0.25) is 5.91 Å². The number of fused-ring (bicyclic) bond motifs is 15. The van der Waals surface area contributed by atoms with Crippen LogP contribution in [0.3, 0.4) is 0 Å². The number of amides is 2. The number of Topliss-reactive ketones (excluding diaryl/α,β-unsaturated/α-hetero) is 5. The van der Waals surface area contributed by atoms with E-state index in [0.717, 1.165) is 0 Å². The Morgan fingerprint density at radius 3 is 1.21 bits per heavy atom. The number of ketones is 5. The van der Waals surface area contributed by atoms with Crippen LogP contribution in [-0.2, 0) is 62.0 Å². The van der Waals surface area contributed by atoms with Gasteiger partial charge in [-0.05, 0) is 170 Å². The van der Waals surface area contributed by atoms with Crippen LogP contribution >= 0.6 is 0 Å². The van der Waals surface area contributed by atoms with Gasteiger partial charge in [0, 0.05) is 70.3 Å². The zero-order valence-electron chi connectivity index (χ0n) is 69.0. The smallest absolute Gasteiger partial charge is 0.266 e. The molecule has 117 heavy (non-hydrogen) atoms. The van der Waals surface area contributed by atoms with Crippen molar-refractivity contribution < 1.29 is 116 Å². The summed E-state index contributed by atoms with van der Waals surface area (Å²) in [5.74, 6) is -9.40. The van der Waals surface area contributed by atoms with Gasteiger partial charge in [0.1, 0.15) is 69.5 Å². The highest BCUT2D eigenvalue weighted by molar-refractivity contribution is 6.08. The predicted octanol–water partition coefficient (Wildman–Crippen LogP) is 6.39. The molecule has 9 fully saturated rings. The van der Waals surface area contributed by atoms with E-state index in [1.165, 1.54) is 13.2 Å². The lowest BCUT2D eigenvalue weighted by Gasteiger charge is -2.62. The van der Waals surface area contributed by atoms with E-state index in [1.54, 1.807) is 104 Å². The fourth-order valence-electron chi connectivity index (χ4n) is 25.1. The molecular formula is C88H126F3N5O21. The van der Waals surface area contributed by atoms with Crippen molar-refractivity contribution in [2.75, 3.05) is 113 Å². The van der Waals surface area contributed by atoms with E-state index in [2.05, 4.69) is 25.8 Å².